The van der Waals surface area contributed by atoms with Crippen molar-refractivity contribution in [1.82, 2.24) is 4.98 Å². The summed E-state index contributed by atoms with van der Waals surface area (Å²) in [6.45, 7) is 1.81. The van der Waals surface area contributed by atoms with Crippen molar-refractivity contribution in [3.63, 3.8) is 0 Å². The first kappa shape index (κ1) is 12.8. The lowest BCUT2D eigenvalue weighted by Crippen LogP contribution is -2.00. The highest BCUT2D eigenvalue weighted by Crippen LogP contribution is 2.26. The number of hydrogen-bond donors (Lipinski definition) is 2. The van der Waals surface area contributed by atoms with Crippen LogP contribution in [0.4, 0.5) is 26.0 Å². The first-order chi connectivity index (χ1) is 8.47. The van der Waals surface area contributed by atoms with Crippen LogP contribution in [-0.2, 0) is 0 Å². The van der Waals surface area contributed by atoms with Gasteiger partial charge in [0.25, 0.3) is 0 Å². The molecule has 0 radical (unpaired) electrons. The molecule has 0 aliphatic heterocycles. The summed E-state index contributed by atoms with van der Waals surface area (Å²) in [5.41, 5.74) is 7.07. The molecule has 3 nitrogen and oxygen atoms in total. The van der Waals surface area contributed by atoms with Gasteiger partial charge in [-0.3, -0.25) is 0 Å². The second-order valence-corrected chi connectivity index (χ2v) is 4.65. The Morgan fingerprint density at radius 2 is 1.94 bits per heavy atom. The normalized spacial score (nSPS) is 10.4. The van der Waals surface area contributed by atoms with Crippen LogP contribution in [0.25, 0.3) is 0 Å². The molecule has 0 aliphatic carbocycles. The average Bonchev–Trinajstić information content (AvgIpc) is 2.31. The summed E-state index contributed by atoms with van der Waals surface area (Å²) in [6.07, 6.45) is 1.56. The van der Waals surface area contributed by atoms with Gasteiger partial charge in [-0.2, -0.15) is 0 Å². The fourth-order valence-corrected chi connectivity index (χ4v) is 1.68. The Morgan fingerprint density at radius 1 is 1.22 bits per heavy atom. The third kappa shape index (κ3) is 2.59. The van der Waals surface area contributed by atoms with Crippen LogP contribution in [0.2, 0.25) is 0 Å². The summed E-state index contributed by atoms with van der Waals surface area (Å²) >= 11 is 2.91. The summed E-state index contributed by atoms with van der Waals surface area (Å²) in [5, 5.41) is 2.68. The van der Waals surface area contributed by atoms with E-state index in [1.165, 1.54) is 0 Å². The van der Waals surface area contributed by atoms with E-state index in [9.17, 15) is 8.78 Å². The van der Waals surface area contributed by atoms with E-state index in [0.29, 0.717) is 11.5 Å². The molecule has 1 heterocycles. The zero-order valence-electron chi connectivity index (χ0n) is 9.47. The molecule has 1 aromatic heterocycles. The number of rotatable bonds is 2. The van der Waals surface area contributed by atoms with Gasteiger partial charge in [0.2, 0.25) is 0 Å². The Bertz CT molecular complexity index is 602. The molecule has 0 bridgehead atoms. The minimum atomic E-state index is -0.579. The molecule has 6 heteroatoms. The third-order valence-electron chi connectivity index (χ3n) is 2.42. The largest absolute Gasteiger partial charge is 0.398 e. The fourth-order valence-electron chi connectivity index (χ4n) is 1.36. The lowest BCUT2D eigenvalue weighted by molar-refractivity contribution is 0.598. The topological polar surface area (TPSA) is 50.9 Å². The van der Waals surface area contributed by atoms with Crippen LogP contribution in [0.1, 0.15) is 5.56 Å². The standard InChI is InChI=1S/C12H10BrF2N3/c1-6-5-17-12(4-10(6)16)18-11-3-8(14)7(13)2-9(11)15/h2-5H,1H3,(H3,16,17,18). The Labute approximate surface area is 111 Å². The van der Waals surface area contributed by atoms with E-state index in [2.05, 4.69) is 26.2 Å². The predicted octanol–water partition coefficient (Wildman–Crippen LogP) is 3.76. The zero-order valence-corrected chi connectivity index (χ0v) is 11.1. The molecular weight excluding hydrogens is 304 g/mol. The van der Waals surface area contributed by atoms with Crippen LogP contribution >= 0.6 is 15.9 Å². The van der Waals surface area contributed by atoms with Gasteiger partial charge in [-0.1, -0.05) is 0 Å². The maximum Gasteiger partial charge on any atom is 0.148 e. The second-order valence-electron chi connectivity index (χ2n) is 3.80. The molecule has 94 valence electrons. The fraction of sp³-hybridized carbons (Fsp3) is 0.0833. The molecule has 0 spiro atoms. The van der Waals surface area contributed by atoms with E-state index < -0.39 is 11.6 Å². The summed E-state index contributed by atoms with van der Waals surface area (Å²) in [4.78, 5) is 4.04. The summed E-state index contributed by atoms with van der Waals surface area (Å²) in [6, 6.07) is 3.67. The molecule has 1 aromatic carbocycles. The smallest absolute Gasteiger partial charge is 0.148 e. The van der Waals surface area contributed by atoms with Crippen LogP contribution in [0, 0.1) is 18.6 Å². The van der Waals surface area contributed by atoms with Gasteiger partial charge in [0.15, 0.2) is 0 Å². The Balaban J connectivity index is 2.34. The van der Waals surface area contributed by atoms with Crippen molar-refractivity contribution in [1.29, 1.82) is 0 Å². The number of anilines is 3. The van der Waals surface area contributed by atoms with Gasteiger partial charge in [0.1, 0.15) is 17.5 Å². The SMILES string of the molecule is Cc1cnc(Nc2cc(F)c(Br)cc2F)cc1N. The van der Waals surface area contributed by atoms with Crippen LogP contribution in [0.15, 0.2) is 28.9 Å². The molecular formula is C12H10BrF2N3. The second kappa shape index (κ2) is 4.89. The van der Waals surface area contributed by atoms with E-state index in [0.717, 1.165) is 17.7 Å². The number of hydrogen-bond acceptors (Lipinski definition) is 3. The number of benzene rings is 1. The van der Waals surface area contributed by atoms with Crippen molar-refractivity contribution < 1.29 is 8.78 Å². The van der Waals surface area contributed by atoms with Crippen LogP contribution in [-0.4, -0.2) is 4.98 Å². The van der Waals surface area contributed by atoms with E-state index in [1.54, 1.807) is 12.3 Å². The number of nitrogens with zero attached hydrogens (tertiary/aromatic N) is 1. The lowest BCUT2D eigenvalue weighted by Gasteiger charge is -2.09. The molecule has 18 heavy (non-hydrogen) atoms. The van der Waals surface area contributed by atoms with Crippen LogP contribution < -0.4 is 11.1 Å². The number of nitrogens with two attached hydrogens (primary N) is 1. The third-order valence-corrected chi connectivity index (χ3v) is 3.03. The van der Waals surface area contributed by atoms with Crippen molar-refractivity contribution in [3.05, 3.63) is 46.1 Å². The van der Waals surface area contributed by atoms with Gasteiger partial charge >= 0.3 is 0 Å². The average molecular weight is 314 g/mol. The van der Waals surface area contributed by atoms with Gasteiger partial charge in [-0.15, -0.1) is 0 Å². The van der Waals surface area contributed by atoms with Gasteiger partial charge in [-0.05, 0) is 34.5 Å². The maximum absolute atomic E-state index is 13.6. The van der Waals surface area contributed by atoms with Crippen LogP contribution in [0.5, 0.6) is 0 Å². The zero-order chi connectivity index (χ0) is 13.3. The van der Waals surface area contributed by atoms with E-state index >= 15 is 0 Å². The summed E-state index contributed by atoms with van der Waals surface area (Å²) < 4.78 is 27.0. The first-order valence-corrected chi connectivity index (χ1v) is 5.90. The van der Waals surface area contributed by atoms with Crippen LogP contribution in [0.3, 0.4) is 0 Å². The van der Waals surface area contributed by atoms with E-state index in [1.807, 2.05) is 6.92 Å². The minimum absolute atomic E-state index is 0.00598. The van der Waals surface area contributed by atoms with Crippen molar-refractivity contribution in [2.24, 2.45) is 0 Å². The molecule has 0 saturated carbocycles. The maximum atomic E-state index is 13.6. The first-order valence-electron chi connectivity index (χ1n) is 5.11. The monoisotopic (exact) mass is 313 g/mol. The Hall–Kier alpha value is -1.69. The van der Waals surface area contributed by atoms with Gasteiger partial charge in [0, 0.05) is 24.0 Å². The van der Waals surface area contributed by atoms with E-state index in [-0.39, 0.29) is 10.2 Å². The van der Waals surface area contributed by atoms with Gasteiger partial charge in [-0.25, -0.2) is 13.8 Å². The van der Waals surface area contributed by atoms with Gasteiger partial charge in [0.05, 0.1) is 10.2 Å². The molecule has 0 unspecified atom stereocenters. The molecule has 0 amide bonds. The van der Waals surface area contributed by atoms with Crippen molar-refractivity contribution >= 4 is 33.1 Å². The van der Waals surface area contributed by atoms with Crippen molar-refractivity contribution in [2.45, 2.75) is 6.92 Å². The predicted molar refractivity (Wildman–Crippen MR) is 70.7 cm³/mol. The number of aromatic nitrogens is 1. The molecule has 2 aromatic rings. The number of pyridine rings is 1. The quantitative estimate of drug-likeness (QED) is 0.830. The number of nitrogen functional groups attached to an aromatic ring is 1. The molecule has 0 atom stereocenters. The van der Waals surface area contributed by atoms with Crippen molar-refractivity contribution in [3.8, 4) is 0 Å². The van der Waals surface area contributed by atoms with Gasteiger partial charge < -0.3 is 11.1 Å². The summed E-state index contributed by atoms with van der Waals surface area (Å²) in [5.74, 6) is -0.776. The van der Waals surface area contributed by atoms with Crippen molar-refractivity contribution in [2.75, 3.05) is 11.1 Å². The molecule has 0 aliphatic rings. The summed E-state index contributed by atoms with van der Waals surface area (Å²) in [7, 11) is 0. The molecule has 0 fully saturated rings. The molecule has 2 rings (SSSR count). The highest BCUT2D eigenvalue weighted by atomic mass is 79.9. The lowest BCUT2D eigenvalue weighted by atomic mass is 10.2. The van der Waals surface area contributed by atoms with E-state index in [4.69, 9.17) is 5.73 Å². The Morgan fingerprint density at radius 3 is 2.61 bits per heavy atom. The minimum Gasteiger partial charge on any atom is -0.398 e. The Kier molecular flexibility index (Phi) is 3.47. The molecule has 3 N–H and O–H groups in total. The highest BCUT2D eigenvalue weighted by molar-refractivity contribution is 9.10. The highest BCUT2D eigenvalue weighted by Gasteiger charge is 2.09. The number of halogens is 3. The number of nitrogens with one attached hydrogen (secondary N) is 1. The number of aryl methyl sites for hydroxylation is 1. The molecule has 0 saturated heterocycles.